The standard InChI is InChI=1S/C15H13N5O2S/c1-22-13-5-4-10(7-12(13)21)8-17-20-14(18-19-15(20)23)11-3-2-6-16-9-11/h2-9,21H,1H3,(H,19,23). The second-order valence-electron chi connectivity index (χ2n) is 4.58. The van der Waals surface area contributed by atoms with E-state index in [1.165, 1.54) is 11.8 Å². The maximum atomic E-state index is 9.79. The maximum Gasteiger partial charge on any atom is 0.216 e. The monoisotopic (exact) mass is 327 g/mol. The number of H-pyrrole nitrogens is 1. The van der Waals surface area contributed by atoms with Crippen LogP contribution in [0.4, 0.5) is 0 Å². The van der Waals surface area contributed by atoms with Gasteiger partial charge in [-0.1, -0.05) is 0 Å². The van der Waals surface area contributed by atoms with Crippen LogP contribution in [0.1, 0.15) is 5.56 Å². The fourth-order valence-corrected chi connectivity index (χ4v) is 2.17. The Morgan fingerprint density at radius 3 is 2.96 bits per heavy atom. The van der Waals surface area contributed by atoms with Gasteiger partial charge in [0.05, 0.1) is 13.3 Å². The van der Waals surface area contributed by atoms with Crippen molar-refractivity contribution in [1.82, 2.24) is 19.9 Å². The number of benzene rings is 1. The van der Waals surface area contributed by atoms with E-state index in [0.717, 1.165) is 5.56 Å². The SMILES string of the molecule is COc1ccc(C=Nn2c(-c3cccnc3)n[nH]c2=S)cc1O. The van der Waals surface area contributed by atoms with E-state index in [0.29, 0.717) is 21.9 Å². The Kier molecular flexibility index (Phi) is 4.15. The van der Waals surface area contributed by atoms with Gasteiger partial charge < -0.3 is 9.84 Å². The molecule has 2 heterocycles. The number of nitrogens with zero attached hydrogens (tertiary/aromatic N) is 4. The van der Waals surface area contributed by atoms with Crippen LogP contribution in [-0.2, 0) is 0 Å². The van der Waals surface area contributed by atoms with Crippen LogP contribution in [-0.4, -0.2) is 38.3 Å². The molecule has 0 fully saturated rings. The maximum absolute atomic E-state index is 9.79. The molecule has 0 saturated carbocycles. The van der Waals surface area contributed by atoms with Gasteiger partial charge in [-0.05, 0) is 48.1 Å². The van der Waals surface area contributed by atoms with Gasteiger partial charge in [0.25, 0.3) is 0 Å². The van der Waals surface area contributed by atoms with Crippen molar-refractivity contribution in [2.24, 2.45) is 5.10 Å². The molecule has 0 spiro atoms. The van der Waals surface area contributed by atoms with Crippen molar-refractivity contribution in [2.75, 3.05) is 7.11 Å². The van der Waals surface area contributed by atoms with Crippen molar-refractivity contribution in [3.05, 3.63) is 53.1 Å². The predicted molar refractivity (Wildman–Crippen MR) is 88.3 cm³/mol. The number of aromatic nitrogens is 4. The van der Waals surface area contributed by atoms with Gasteiger partial charge in [-0.25, -0.2) is 5.10 Å². The number of nitrogens with one attached hydrogen (secondary N) is 1. The summed E-state index contributed by atoms with van der Waals surface area (Å²) in [4.78, 5) is 4.06. The van der Waals surface area contributed by atoms with E-state index in [9.17, 15) is 5.11 Å². The summed E-state index contributed by atoms with van der Waals surface area (Å²) >= 11 is 5.19. The zero-order valence-corrected chi connectivity index (χ0v) is 13.0. The molecule has 116 valence electrons. The third-order valence-electron chi connectivity index (χ3n) is 3.10. The summed E-state index contributed by atoms with van der Waals surface area (Å²) in [6.07, 6.45) is 4.93. The highest BCUT2D eigenvalue weighted by Crippen LogP contribution is 2.25. The van der Waals surface area contributed by atoms with E-state index in [4.69, 9.17) is 17.0 Å². The topological polar surface area (TPSA) is 88.3 Å². The third-order valence-corrected chi connectivity index (χ3v) is 3.36. The molecule has 1 aromatic carbocycles. The quantitative estimate of drug-likeness (QED) is 0.568. The molecular formula is C15H13N5O2S. The lowest BCUT2D eigenvalue weighted by Gasteiger charge is -2.03. The van der Waals surface area contributed by atoms with Crippen molar-refractivity contribution < 1.29 is 9.84 Å². The molecule has 0 bridgehead atoms. The molecule has 0 amide bonds. The molecular weight excluding hydrogens is 314 g/mol. The highest BCUT2D eigenvalue weighted by atomic mass is 32.1. The van der Waals surface area contributed by atoms with Crippen LogP contribution < -0.4 is 4.74 Å². The van der Waals surface area contributed by atoms with E-state index in [1.54, 1.807) is 36.8 Å². The van der Waals surface area contributed by atoms with Crippen LogP contribution in [0.5, 0.6) is 11.5 Å². The lowest BCUT2D eigenvalue weighted by molar-refractivity contribution is 0.373. The number of phenols is 1. The summed E-state index contributed by atoms with van der Waals surface area (Å²) in [5, 5.41) is 21.0. The van der Waals surface area contributed by atoms with E-state index >= 15 is 0 Å². The molecule has 23 heavy (non-hydrogen) atoms. The number of methoxy groups -OCH3 is 1. The summed E-state index contributed by atoms with van der Waals surface area (Å²) in [6.45, 7) is 0. The van der Waals surface area contributed by atoms with Crippen LogP contribution in [0, 0.1) is 4.77 Å². The number of pyridine rings is 1. The predicted octanol–water partition coefficient (Wildman–Crippen LogP) is 2.60. The van der Waals surface area contributed by atoms with Crippen LogP contribution in [0.3, 0.4) is 0 Å². The van der Waals surface area contributed by atoms with E-state index < -0.39 is 0 Å². The van der Waals surface area contributed by atoms with Gasteiger partial charge in [0.1, 0.15) is 0 Å². The lowest BCUT2D eigenvalue weighted by atomic mass is 10.2. The minimum absolute atomic E-state index is 0.0414. The molecule has 0 aliphatic heterocycles. The fourth-order valence-electron chi connectivity index (χ4n) is 1.99. The minimum Gasteiger partial charge on any atom is -0.504 e. The Morgan fingerprint density at radius 2 is 2.26 bits per heavy atom. The van der Waals surface area contributed by atoms with Gasteiger partial charge in [-0.2, -0.15) is 14.9 Å². The average Bonchev–Trinajstić information content (AvgIpc) is 2.94. The largest absolute Gasteiger partial charge is 0.504 e. The Morgan fingerprint density at radius 1 is 1.39 bits per heavy atom. The molecule has 3 rings (SSSR count). The normalized spacial score (nSPS) is 11.0. The van der Waals surface area contributed by atoms with Gasteiger partial charge in [-0.15, -0.1) is 0 Å². The summed E-state index contributed by atoms with van der Waals surface area (Å²) in [5.41, 5.74) is 1.48. The van der Waals surface area contributed by atoms with Crippen LogP contribution in [0.15, 0.2) is 47.8 Å². The summed E-state index contributed by atoms with van der Waals surface area (Å²) in [6, 6.07) is 8.66. The second kappa shape index (κ2) is 6.41. The number of phenolic OH excluding ortho intramolecular Hbond substituents is 1. The van der Waals surface area contributed by atoms with E-state index in [1.807, 2.05) is 12.1 Å². The molecule has 0 unspecified atom stereocenters. The smallest absolute Gasteiger partial charge is 0.216 e. The summed E-state index contributed by atoms with van der Waals surface area (Å²) in [7, 11) is 1.49. The molecule has 8 heteroatoms. The lowest BCUT2D eigenvalue weighted by Crippen LogP contribution is -1.95. The molecule has 0 aliphatic carbocycles. The summed E-state index contributed by atoms with van der Waals surface area (Å²) < 4.78 is 6.86. The number of aromatic amines is 1. The first kappa shape index (κ1) is 14.9. The first-order valence-electron chi connectivity index (χ1n) is 6.68. The fraction of sp³-hybridized carbons (Fsp3) is 0.0667. The second-order valence-corrected chi connectivity index (χ2v) is 4.97. The highest BCUT2D eigenvalue weighted by molar-refractivity contribution is 7.71. The number of hydrogen-bond acceptors (Lipinski definition) is 6. The third kappa shape index (κ3) is 3.11. The van der Waals surface area contributed by atoms with Crippen molar-refractivity contribution in [1.29, 1.82) is 0 Å². The van der Waals surface area contributed by atoms with Crippen LogP contribution >= 0.6 is 12.2 Å². The van der Waals surface area contributed by atoms with Crippen molar-refractivity contribution >= 4 is 18.4 Å². The van der Waals surface area contributed by atoms with Crippen molar-refractivity contribution in [3.63, 3.8) is 0 Å². The Labute approximate surface area is 136 Å². The van der Waals surface area contributed by atoms with Crippen LogP contribution in [0.2, 0.25) is 0 Å². The molecule has 0 aliphatic rings. The molecule has 0 saturated heterocycles. The van der Waals surface area contributed by atoms with E-state index in [-0.39, 0.29) is 5.75 Å². The molecule has 0 radical (unpaired) electrons. The average molecular weight is 327 g/mol. The van der Waals surface area contributed by atoms with E-state index in [2.05, 4.69) is 20.3 Å². The van der Waals surface area contributed by atoms with Gasteiger partial charge >= 0.3 is 0 Å². The zero-order chi connectivity index (χ0) is 16.2. The number of aromatic hydroxyl groups is 1. The van der Waals surface area contributed by atoms with Gasteiger partial charge in [0, 0.05) is 18.0 Å². The van der Waals surface area contributed by atoms with Gasteiger partial charge in [0.15, 0.2) is 17.3 Å². The number of hydrogen-bond donors (Lipinski definition) is 2. The highest BCUT2D eigenvalue weighted by Gasteiger charge is 2.08. The minimum atomic E-state index is 0.0414. The number of rotatable bonds is 4. The Hall–Kier alpha value is -3.00. The first-order valence-corrected chi connectivity index (χ1v) is 7.09. The van der Waals surface area contributed by atoms with Crippen LogP contribution in [0.25, 0.3) is 11.4 Å². The van der Waals surface area contributed by atoms with Gasteiger partial charge in [0.2, 0.25) is 4.77 Å². The Balaban J connectivity index is 1.96. The first-order chi connectivity index (χ1) is 11.2. The van der Waals surface area contributed by atoms with Crippen molar-refractivity contribution in [2.45, 2.75) is 0 Å². The molecule has 2 aromatic heterocycles. The summed E-state index contributed by atoms with van der Waals surface area (Å²) in [5.74, 6) is 0.995. The molecule has 7 nitrogen and oxygen atoms in total. The van der Waals surface area contributed by atoms with Gasteiger partial charge in [-0.3, -0.25) is 4.98 Å². The molecule has 3 aromatic rings. The zero-order valence-electron chi connectivity index (χ0n) is 12.2. The number of ether oxygens (including phenoxy) is 1. The Bertz CT molecular complexity index is 902. The molecule has 0 atom stereocenters. The molecule has 2 N–H and O–H groups in total. The van der Waals surface area contributed by atoms with Crippen molar-refractivity contribution in [3.8, 4) is 22.9 Å².